The molecule has 0 aliphatic rings. The van der Waals surface area contributed by atoms with Gasteiger partial charge in [0.25, 0.3) is 10.1 Å². The lowest BCUT2D eigenvalue weighted by Crippen LogP contribution is -2.26. The molecule has 0 fully saturated rings. The first-order valence-electron chi connectivity index (χ1n) is 7.47. The number of ether oxygens (including phenoxy) is 2. The second kappa shape index (κ2) is 11.7. The van der Waals surface area contributed by atoms with Crippen LogP contribution in [0, 0.1) is 0 Å². The summed E-state index contributed by atoms with van der Waals surface area (Å²) in [6, 6.07) is 7.10. The van der Waals surface area contributed by atoms with Gasteiger partial charge in [-0.25, -0.2) is 0 Å². The quantitative estimate of drug-likeness (QED) is 0.208. The summed E-state index contributed by atoms with van der Waals surface area (Å²) in [4.78, 5) is 11.1. The molecule has 0 saturated heterocycles. The maximum atomic E-state index is 11.1. The topological polar surface area (TPSA) is 142 Å². The van der Waals surface area contributed by atoms with Crippen LogP contribution in [0.1, 0.15) is 32.6 Å². The van der Waals surface area contributed by atoms with Crippen molar-refractivity contribution in [3.8, 4) is 5.75 Å². The molecule has 1 atom stereocenters. The van der Waals surface area contributed by atoms with E-state index in [4.69, 9.17) is 25.5 Å². The zero-order chi connectivity index (χ0) is 18.6. The SMILES string of the molecule is CCOC(=O)CCCCC(N)Oc1ccc(N)cc1.CS(=O)(=O)O. The number of benzene rings is 1. The van der Waals surface area contributed by atoms with Crippen molar-refractivity contribution in [1.29, 1.82) is 0 Å². The largest absolute Gasteiger partial charge is 0.476 e. The van der Waals surface area contributed by atoms with Gasteiger partial charge in [-0.15, -0.1) is 0 Å². The average Bonchev–Trinajstić information content (AvgIpc) is 2.45. The molecule has 8 nitrogen and oxygen atoms in total. The van der Waals surface area contributed by atoms with Gasteiger partial charge in [0.2, 0.25) is 0 Å². The highest BCUT2D eigenvalue weighted by Gasteiger charge is 2.06. The first-order chi connectivity index (χ1) is 11.1. The third-order valence-electron chi connectivity index (χ3n) is 2.59. The number of anilines is 1. The van der Waals surface area contributed by atoms with Gasteiger partial charge in [-0.1, -0.05) is 0 Å². The number of carbonyl (C=O) groups excluding carboxylic acids is 1. The van der Waals surface area contributed by atoms with Gasteiger partial charge in [0.1, 0.15) is 12.0 Å². The van der Waals surface area contributed by atoms with Crippen molar-refractivity contribution in [2.45, 2.75) is 38.8 Å². The highest BCUT2D eigenvalue weighted by Crippen LogP contribution is 2.15. The van der Waals surface area contributed by atoms with Crippen LogP contribution in [0.3, 0.4) is 0 Å². The minimum Gasteiger partial charge on any atom is -0.476 e. The van der Waals surface area contributed by atoms with Crippen LogP contribution in [0.2, 0.25) is 0 Å². The first kappa shape index (κ1) is 22.2. The summed E-state index contributed by atoms with van der Waals surface area (Å²) in [5.74, 6) is 0.544. The van der Waals surface area contributed by atoms with Crippen molar-refractivity contribution in [2.24, 2.45) is 5.73 Å². The van der Waals surface area contributed by atoms with Crippen molar-refractivity contribution in [3.05, 3.63) is 24.3 Å². The van der Waals surface area contributed by atoms with E-state index < -0.39 is 10.1 Å². The van der Waals surface area contributed by atoms with Crippen LogP contribution >= 0.6 is 0 Å². The fraction of sp³-hybridized carbons (Fsp3) is 0.533. The molecular weight excluding hydrogens is 336 g/mol. The molecule has 0 bridgehead atoms. The number of esters is 1. The van der Waals surface area contributed by atoms with Gasteiger partial charge in [0.15, 0.2) is 0 Å². The van der Waals surface area contributed by atoms with Gasteiger partial charge in [0, 0.05) is 12.1 Å². The molecule has 24 heavy (non-hydrogen) atoms. The monoisotopic (exact) mass is 362 g/mol. The molecule has 0 saturated carbocycles. The van der Waals surface area contributed by atoms with Gasteiger partial charge in [0.05, 0.1) is 12.9 Å². The number of nitrogen functional groups attached to an aromatic ring is 1. The molecule has 0 aromatic heterocycles. The zero-order valence-electron chi connectivity index (χ0n) is 14.0. The van der Waals surface area contributed by atoms with Crippen molar-refractivity contribution < 1.29 is 27.2 Å². The number of carbonyl (C=O) groups is 1. The second-order valence-electron chi connectivity index (χ2n) is 5.01. The van der Waals surface area contributed by atoms with Crippen LogP contribution in [-0.2, 0) is 19.6 Å². The van der Waals surface area contributed by atoms with Crippen LogP contribution in [0.25, 0.3) is 0 Å². The predicted octanol–water partition coefficient (Wildman–Crippen LogP) is 1.56. The summed E-state index contributed by atoms with van der Waals surface area (Å²) in [6.07, 6.45) is 3.07. The molecular formula is C15H26N2O6S. The van der Waals surface area contributed by atoms with E-state index >= 15 is 0 Å². The van der Waals surface area contributed by atoms with Gasteiger partial charge in [-0.05, 0) is 50.5 Å². The Balaban J connectivity index is 0.000000922. The van der Waals surface area contributed by atoms with Crippen molar-refractivity contribution in [2.75, 3.05) is 18.6 Å². The highest BCUT2D eigenvalue weighted by atomic mass is 32.2. The highest BCUT2D eigenvalue weighted by molar-refractivity contribution is 7.85. The summed E-state index contributed by atoms with van der Waals surface area (Å²) in [5, 5.41) is 0. The minimum atomic E-state index is -3.67. The van der Waals surface area contributed by atoms with E-state index in [2.05, 4.69) is 0 Å². The predicted molar refractivity (Wildman–Crippen MR) is 92.0 cm³/mol. The summed E-state index contributed by atoms with van der Waals surface area (Å²) in [5.41, 5.74) is 12.1. The molecule has 0 aliphatic heterocycles. The number of hydrogen-bond donors (Lipinski definition) is 3. The lowest BCUT2D eigenvalue weighted by Gasteiger charge is -2.14. The number of nitrogens with two attached hydrogens (primary N) is 2. The van der Waals surface area contributed by atoms with Crippen LogP contribution in [0.5, 0.6) is 5.75 Å². The van der Waals surface area contributed by atoms with Crippen LogP contribution in [-0.4, -0.2) is 38.0 Å². The maximum Gasteiger partial charge on any atom is 0.305 e. The molecule has 1 aromatic rings. The summed E-state index contributed by atoms with van der Waals surface area (Å²) in [7, 11) is -3.67. The van der Waals surface area contributed by atoms with Crippen molar-refractivity contribution in [3.63, 3.8) is 0 Å². The third kappa shape index (κ3) is 15.1. The first-order valence-corrected chi connectivity index (χ1v) is 9.32. The Bertz CT molecular complexity index is 566. The summed E-state index contributed by atoms with van der Waals surface area (Å²) >= 11 is 0. The molecule has 5 N–H and O–H groups in total. The zero-order valence-corrected chi connectivity index (χ0v) is 14.8. The van der Waals surface area contributed by atoms with E-state index in [1.165, 1.54) is 0 Å². The Morgan fingerprint density at radius 2 is 1.79 bits per heavy atom. The second-order valence-corrected chi connectivity index (χ2v) is 6.48. The van der Waals surface area contributed by atoms with E-state index in [0.717, 1.165) is 12.8 Å². The van der Waals surface area contributed by atoms with E-state index in [1.54, 1.807) is 31.2 Å². The molecule has 0 spiro atoms. The molecule has 0 amide bonds. The van der Waals surface area contributed by atoms with Gasteiger partial charge in [-0.2, -0.15) is 8.42 Å². The van der Waals surface area contributed by atoms with Gasteiger partial charge in [-0.3, -0.25) is 15.1 Å². The average molecular weight is 362 g/mol. The molecule has 1 aromatic carbocycles. The summed E-state index contributed by atoms with van der Waals surface area (Å²) < 4.78 is 36.2. The van der Waals surface area contributed by atoms with E-state index in [9.17, 15) is 13.2 Å². The van der Waals surface area contributed by atoms with E-state index in [0.29, 0.717) is 37.1 Å². The Hall–Kier alpha value is -1.84. The molecule has 0 radical (unpaired) electrons. The molecule has 1 rings (SSSR count). The summed E-state index contributed by atoms with van der Waals surface area (Å²) in [6.45, 7) is 2.23. The Kier molecular flexibility index (Phi) is 10.8. The number of hydrogen-bond acceptors (Lipinski definition) is 7. The molecule has 0 heterocycles. The smallest absolute Gasteiger partial charge is 0.305 e. The molecule has 0 aliphatic carbocycles. The minimum absolute atomic E-state index is 0.157. The Morgan fingerprint density at radius 3 is 2.29 bits per heavy atom. The lowest BCUT2D eigenvalue weighted by atomic mass is 10.2. The molecule has 138 valence electrons. The van der Waals surface area contributed by atoms with Gasteiger partial charge >= 0.3 is 5.97 Å². The van der Waals surface area contributed by atoms with Crippen molar-refractivity contribution >= 4 is 21.8 Å². The maximum absolute atomic E-state index is 11.1. The Labute approximate surface area is 142 Å². The van der Waals surface area contributed by atoms with E-state index in [1.807, 2.05) is 0 Å². The van der Waals surface area contributed by atoms with Crippen LogP contribution < -0.4 is 16.2 Å². The molecule has 9 heteroatoms. The van der Waals surface area contributed by atoms with Gasteiger partial charge < -0.3 is 15.2 Å². The Morgan fingerprint density at radius 1 is 1.25 bits per heavy atom. The fourth-order valence-corrected chi connectivity index (χ4v) is 1.63. The third-order valence-corrected chi connectivity index (χ3v) is 2.59. The van der Waals surface area contributed by atoms with E-state index in [-0.39, 0.29) is 12.2 Å². The van der Waals surface area contributed by atoms with Crippen LogP contribution in [0.15, 0.2) is 24.3 Å². The van der Waals surface area contributed by atoms with Crippen LogP contribution in [0.4, 0.5) is 5.69 Å². The standard InChI is InChI=1S/C14H22N2O3.CH4O3S/c1-2-18-14(17)6-4-3-5-13(16)19-12-9-7-11(15)8-10-12;1-5(2,3)4/h7-10,13H,2-6,15-16H2,1H3;1H3,(H,2,3,4). The number of rotatable bonds is 8. The number of unbranched alkanes of at least 4 members (excludes halogenated alkanes) is 1. The van der Waals surface area contributed by atoms with Crippen molar-refractivity contribution in [1.82, 2.24) is 0 Å². The lowest BCUT2D eigenvalue weighted by molar-refractivity contribution is -0.143. The normalized spacial score (nSPS) is 11.8. The fourth-order valence-electron chi connectivity index (χ4n) is 1.63. The molecule has 1 unspecified atom stereocenters.